The summed E-state index contributed by atoms with van der Waals surface area (Å²) in [6, 6.07) is 14.1. The van der Waals surface area contributed by atoms with Crippen LogP contribution >= 0.6 is 0 Å². The largest absolute Gasteiger partial charge is 0.497 e. The molecule has 0 fully saturated rings. The van der Waals surface area contributed by atoms with Crippen LogP contribution in [-0.2, 0) is 6.42 Å². The molecule has 5 heteroatoms. The second-order valence-corrected chi connectivity index (χ2v) is 5.28. The summed E-state index contributed by atoms with van der Waals surface area (Å²) in [5, 5.41) is 15.7. The second kappa shape index (κ2) is 6.07. The predicted octanol–water partition coefficient (Wildman–Crippen LogP) is 2.48. The van der Waals surface area contributed by atoms with Crippen LogP contribution in [0.3, 0.4) is 0 Å². The molecule has 1 aliphatic rings. The molecule has 1 aliphatic carbocycles. The van der Waals surface area contributed by atoms with Crippen LogP contribution in [-0.4, -0.2) is 24.4 Å². The Morgan fingerprint density at radius 2 is 2.05 bits per heavy atom. The number of amides is 2. The summed E-state index contributed by atoms with van der Waals surface area (Å²) in [6.07, 6.45) is -0.0474. The van der Waals surface area contributed by atoms with E-state index in [0.29, 0.717) is 17.9 Å². The zero-order valence-corrected chi connectivity index (χ0v) is 12.2. The maximum atomic E-state index is 12.1. The van der Waals surface area contributed by atoms with Crippen molar-refractivity contribution in [2.24, 2.45) is 0 Å². The Kier molecular flexibility index (Phi) is 3.98. The maximum Gasteiger partial charge on any atom is 0.319 e. The van der Waals surface area contributed by atoms with Gasteiger partial charge in [0.1, 0.15) is 5.75 Å². The summed E-state index contributed by atoms with van der Waals surface area (Å²) >= 11 is 0. The maximum absolute atomic E-state index is 12.1. The van der Waals surface area contributed by atoms with Crippen molar-refractivity contribution in [1.29, 1.82) is 0 Å². The van der Waals surface area contributed by atoms with E-state index < -0.39 is 6.10 Å². The number of urea groups is 1. The molecule has 5 nitrogen and oxygen atoms in total. The Morgan fingerprint density at radius 3 is 2.86 bits per heavy atom. The van der Waals surface area contributed by atoms with Crippen molar-refractivity contribution >= 4 is 11.7 Å². The van der Waals surface area contributed by atoms with Gasteiger partial charge in [0.15, 0.2) is 0 Å². The monoisotopic (exact) mass is 298 g/mol. The predicted molar refractivity (Wildman–Crippen MR) is 84.0 cm³/mol. The van der Waals surface area contributed by atoms with Crippen molar-refractivity contribution in [1.82, 2.24) is 5.32 Å². The lowest BCUT2D eigenvalue weighted by molar-refractivity contribution is 0.144. The van der Waals surface area contributed by atoms with Gasteiger partial charge in [-0.25, -0.2) is 4.79 Å². The highest BCUT2D eigenvalue weighted by Gasteiger charge is 2.31. The summed E-state index contributed by atoms with van der Waals surface area (Å²) in [5.41, 5.74) is 2.68. The number of anilines is 1. The molecule has 2 aromatic carbocycles. The van der Waals surface area contributed by atoms with E-state index in [4.69, 9.17) is 4.74 Å². The SMILES string of the molecule is COc1cccc(NC(=O)NC2c3ccccc3CC2O)c1. The number of fused-ring (bicyclic) bond motifs is 1. The zero-order valence-electron chi connectivity index (χ0n) is 12.2. The van der Waals surface area contributed by atoms with E-state index in [1.54, 1.807) is 31.4 Å². The summed E-state index contributed by atoms with van der Waals surface area (Å²) in [7, 11) is 1.57. The van der Waals surface area contributed by atoms with Crippen LogP contribution < -0.4 is 15.4 Å². The minimum atomic E-state index is -0.603. The fourth-order valence-electron chi connectivity index (χ4n) is 2.76. The normalized spacial score (nSPS) is 19.4. The molecule has 0 heterocycles. The average molecular weight is 298 g/mol. The van der Waals surface area contributed by atoms with Gasteiger partial charge < -0.3 is 20.5 Å². The van der Waals surface area contributed by atoms with Gasteiger partial charge in [-0.15, -0.1) is 0 Å². The Hall–Kier alpha value is -2.53. The number of carbonyl (C=O) groups is 1. The summed E-state index contributed by atoms with van der Waals surface area (Å²) in [5.74, 6) is 0.670. The first-order chi connectivity index (χ1) is 10.7. The Morgan fingerprint density at radius 1 is 1.23 bits per heavy atom. The molecule has 2 aromatic rings. The van der Waals surface area contributed by atoms with Gasteiger partial charge >= 0.3 is 6.03 Å². The molecular weight excluding hydrogens is 280 g/mol. The van der Waals surface area contributed by atoms with Crippen molar-refractivity contribution in [2.45, 2.75) is 18.6 Å². The molecule has 0 aromatic heterocycles. The molecule has 0 spiro atoms. The van der Waals surface area contributed by atoms with Crippen LogP contribution in [0.2, 0.25) is 0 Å². The Balaban J connectivity index is 1.69. The Labute approximate surface area is 128 Å². The molecular formula is C17H18N2O3. The Bertz CT molecular complexity index is 687. The number of methoxy groups -OCH3 is 1. The number of carbonyl (C=O) groups excluding carboxylic acids is 1. The van der Waals surface area contributed by atoms with Gasteiger partial charge in [0.25, 0.3) is 0 Å². The van der Waals surface area contributed by atoms with Gasteiger partial charge in [0, 0.05) is 18.2 Å². The van der Waals surface area contributed by atoms with Crippen LogP contribution in [0.5, 0.6) is 5.75 Å². The third-order valence-corrected chi connectivity index (χ3v) is 3.82. The molecule has 3 N–H and O–H groups in total. The van der Waals surface area contributed by atoms with E-state index in [1.165, 1.54) is 0 Å². The number of ether oxygens (including phenoxy) is 1. The molecule has 2 unspecified atom stereocenters. The molecule has 0 aliphatic heterocycles. The highest BCUT2D eigenvalue weighted by molar-refractivity contribution is 5.89. The first-order valence-corrected chi connectivity index (χ1v) is 7.15. The topological polar surface area (TPSA) is 70.6 Å². The lowest BCUT2D eigenvalue weighted by Crippen LogP contribution is -2.36. The molecule has 2 amide bonds. The fraction of sp³-hybridized carbons (Fsp3) is 0.235. The molecule has 0 saturated heterocycles. The fourth-order valence-corrected chi connectivity index (χ4v) is 2.76. The van der Waals surface area contributed by atoms with Gasteiger partial charge in [0.05, 0.1) is 19.3 Å². The number of hydrogen-bond acceptors (Lipinski definition) is 3. The molecule has 22 heavy (non-hydrogen) atoms. The number of nitrogens with one attached hydrogen (secondary N) is 2. The summed E-state index contributed by atoms with van der Waals surface area (Å²) in [6.45, 7) is 0. The number of hydrogen-bond donors (Lipinski definition) is 3. The number of benzene rings is 2. The van der Waals surface area contributed by atoms with E-state index >= 15 is 0 Å². The van der Waals surface area contributed by atoms with E-state index in [0.717, 1.165) is 11.1 Å². The van der Waals surface area contributed by atoms with Gasteiger partial charge in [-0.3, -0.25) is 0 Å². The highest BCUT2D eigenvalue weighted by atomic mass is 16.5. The van der Waals surface area contributed by atoms with Crippen molar-refractivity contribution in [3.63, 3.8) is 0 Å². The van der Waals surface area contributed by atoms with E-state index in [-0.39, 0.29) is 12.1 Å². The first-order valence-electron chi connectivity index (χ1n) is 7.15. The molecule has 0 radical (unpaired) electrons. The van der Waals surface area contributed by atoms with E-state index in [1.807, 2.05) is 24.3 Å². The molecule has 0 bridgehead atoms. The average Bonchev–Trinajstić information content (AvgIpc) is 2.83. The van der Waals surface area contributed by atoms with Crippen molar-refractivity contribution in [2.75, 3.05) is 12.4 Å². The van der Waals surface area contributed by atoms with Gasteiger partial charge in [-0.05, 0) is 23.3 Å². The number of aliphatic hydroxyl groups excluding tert-OH is 1. The van der Waals surface area contributed by atoms with Crippen LogP contribution in [0, 0.1) is 0 Å². The van der Waals surface area contributed by atoms with Crippen LogP contribution in [0.4, 0.5) is 10.5 Å². The van der Waals surface area contributed by atoms with Gasteiger partial charge in [0.2, 0.25) is 0 Å². The number of rotatable bonds is 3. The minimum absolute atomic E-state index is 0.353. The quantitative estimate of drug-likeness (QED) is 0.815. The molecule has 2 atom stereocenters. The zero-order chi connectivity index (χ0) is 15.5. The lowest BCUT2D eigenvalue weighted by Gasteiger charge is -2.18. The van der Waals surface area contributed by atoms with Gasteiger partial charge in [-0.2, -0.15) is 0 Å². The van der Waals surface area contributed by atoms with E-state index in [2.05, 4.69) is 10.6 Å². The van der Waals surface area contributed by atoms with Crippen LogP contribution in [0.25, 0.3) is 0 Å². The van der Waals surface area contributed by atoms with Crippen LogP contribution in [0.1, 0.15) is 17.2 Å². The van der Waals surface area contributed by atoms with Crippen molar-refractivity contribution in [3.8, 4) is 5.75 Å². The third-order valence-electron chi connectivity index (χ3n) is 3.82. The minimum Gasteiger partial charge on any atom is -0.497 e. The van der Waals surface area contributed by atoms with E-state index in [9.17, 15) is 9.90 Å². The molecule has 3 rings (SSSR count). The summed E-state index contributed by atoms with van der Waals surface area (Å²) in [4.78, 5) is 12.1. The first kappa shape index (κ1) is 14.4. The third kappa shape index (κ3) is 2.89. The number of aliphatic hydroxyl groups is 1. The van der Waals surface area contributed by atoms with Crippen LogP contribution in [0.15, 0.2) is 48.5 Å². The van der Waals surface area contributed by atoms with Gasteiger partial charge in [-0.1, -0.05) is 30.3 Å². The second-order valence-electron chi connectivity index (χ2n) is 5.28. The molecule has 114 valence electrons. The van der Waals surface area contributed by atoms with Crippen molar-refractivity contribution in [3.05, 3.63) is 59.7 Å². The summed E-state index contributed by atoms with van der Waals surface area (Å²) < 4.78 is 5.12. The van der Waals surface area contributed by atoms with Crippen molar-refractivity contribution < 1.29 is 14.6 Å². The lowest BCUT2D eigenvalue weighted by atomic mass is 10.1. The highest BCUT2D eigenvalue weighted by Crippen LogP contribution is 2.31. The standard InChI is InChI=1S/C17H18N2O3/c1-22-13-7-4-6-12(10-13)18-17(21)19-16-14-8-3-2-5-11(14)9-15(16)20/h2-8,10,15-16,20H,9H2,1H3,(H2,18,19,21). The molecule has 0 saturated carbocycles. The smallest absolute Gasteiger partial charge is 0.319 e.